The minimum atomic E-state index is -4.83. The molecule has 1 aliphatic rings. The van der Waals surface area contributed by atoms with Crippen LogP contribution in [-0.2, 0) is 4.74 Å². The van der Waals surface area contributed by atoms with Gasteiger partial charge in [0.2, 0.25) is 0 Å². The molecule has 0 aromatic carbocycles. The van der Waals surface area contributed by atoms with Crippen molar-refractivity contribution < 1.29 is 35.5 Å². The van der Waals surface area contributed by atoms with Crippen molar-refractivity contribution in [1.29, 1.82) is 0 Å². The number of rotatable bonds is 2. The Labute approximate surface area is 73.1 Å². The summed E-state index contributed by atoms with van der Waals surface area (Å²) in [6.07, 6.45) is -5.17. The third kappa shape index (κ3) is 1.78. The first-order chi connectivity index (χ1) is 6.06. The maximum absolute atomic E-state index is 12.2. The van der Waals surface area contributed by atoms with E-state index in [1.807, 2.05) is 0 Å². The molecule has 0 aromatic rings. The molecule has 1 rings (SSSR count). The Morgan fingerprint density at radius 1 is 1.14 bits per heavy atom. The molecule has 82 valence electrons. The first-order valence-corrected chi connectivity index (χ1v) is 3.25. The van der Waals surface area contributed by atoms with Gasteiger partial charge in [-0.15, -0.1) is 0 Å². The summed E-state index contributed by atoms with van der Waals surface area (Å²) in [7, 11) is 0. The van der Waals surface area contributed by atoms with Gasteiger partial charge in [0.05, 0.1) is 0 Å². The molecular formula is C6H3F7O. The van der Waals surface area contributed by atoms with E-state index in [2.05, 4.69) is 4.74 Å². The van der Waals surface area contributed by atoms with Gasteiger partial charge in [-0.05, 0) is 0 Å². The monoisotopic (exact) mass is 224 g/mol. The second kappa shape index (κ2) is 2.77. The van der Waals surface area contributed by atoms with Crippen LogP contribution in [0.1, 0.15) is 0 Å². The highest BCUT2D eigenvalue weighted by atomic mass is 19.4. The van der Waals surface area contributed by atoms with Gasteiger partial charge in [-0.1, -0.05) is 0 Å². The minimum absolute atomic E-state index is 0.335. The van der Waals surface area contributed by atoms with Gasteiger partial charge in [-0.25, -0.2) is 0 Å². The van der Waals surface area contributed by atoms with Gasteiger partial charge in [0.25, 0.3) is 0 Å². The number of hydrogen-bond acceptors (Lipinski definition) is 1. The van der Waals surface area contributed by atoms with Crippen molar-refractivity contribution >= 4 is 0 Å². The van der Waals surface area contributed by atoms with Crippen LogP contribution in [0.25, 0.3) is 0 Å². The quantitative estimate of drug-likeness (QED) is 0.655. The first-order valence-electron chi connectivity index (χ1n) is 3.25. The van der Waals surface area contributed by atoms with Crippen LogP contribution in [0.4, 0.5) is 30.7 Å². The van der Waals surface area contributed by atoms with Gasteiger partial charge in [0, 0.05) is 6.08 Å². The van der Waals surface area contributed by atoms with E-state index >= 15 is 0 Å². The molecule has 0 radical (unpaired) electrons. The molecule has 0 atom stereocenters. The number of hydrogen-bond donors (Lipinski definition) is 0. The Morgan fingerprint density at radius 3 is 1.93 bits per heavy atom. The fourth-order valence-electron chi connectivity index (χ4n) is 0.724. The van der Waals surface area contributed by atoms with Crippen LogP contribution in [0.2, 0.25) is 0 Å². The van der Waals surface area contributed by atoms with Crippen molar-refractivity contribution in [2.75, 3.05) is 6.61 Å². The van der Waals surface area contributed by atoms with Gasteiger partial charge in [-0.2, -0.15) is 30.7 Å². The lowest BCUT2D eigenvalue weighted by atomic mass is 9.98. The molecule has 0 saturated carbocycles. The van der Waals surface area contributed by atoms with Crippen molar-refractivity contribution in [1.82, 2.24) is 0 Å². The number of alkyl halides is 7. The molecule has 14 heavy (non-hydrogen) atoms. The topological polar surface area (TPSA) is 9.23 Å². The maximum Gasteiger partial charge on any atom is 0.422 e. The Balaban J connectivity index is 2.59. The van der Waals surface area contributed by atoms with Gasteiger partial charge < -0.3 is 4.74 Å². The maximum atomic E-state index is 12.2. The van der Waals surface area contributed by atoms with Crippen molar-refractivity contribution in [2.45, 2.75) is 18.0 Å². The molecule has 0 unspecified atom stereocenters. The number of halogens is 7. The van der Waals surface area contributed by atoms with E-state index in [1.165, 1.54) is 0 Å². The number of allylic oxidation sites excluding steroid dienone is 2. The lowest BCUT2D eigenvalue weighted by Crippen LogP contribution is -2.50. The Morgan fingerprint density at radius 2 is 1.64 bits per heavy atom. The Hall–Kier alpha value is -0.950. The molecule has 0 bridgehead atoms. The molecule has 0 saturated heterocycles. The lowest BCUT2D eigenvalue weighted by molar-refractivity contribution is -0.229. The van der Waals surface area contributed by atoms with E-state index < -0.39 is 30.4 Å². The average Bonchev–Trinajstić information content (AvgIpc) is 1.95. The van der Waals surface area contributed by atoms with Crippen LogP contribution in [0.5, 0.6) is 0 Å². The third-order valence-corrected chi connectivity index (χ3v) is 1.43. The second-order valence-electron chi connectivity index (χ2n) is 2.61. The highest BCUT2D eigenvalue weighted by Crippen LogP contribution is 2.50. The van der Waals surface area contributed by atoms with Crippen molar-refractivity contribution in [3.05, 3.63) is 11.8 Å². The van der Waals surface area contributed by atoms with Gasteiger partial charge >= 0.3 is 18.0 Å². The van der Waals surface area contributed by atoms with Crippen molar-refractivity contribution in [2.24, 2.45) is 0 Å². The number of ether oxygens (including phenoxy) is 1. The van der Waals surface area contributed by atoms with E-state index in [1.54, 1.807) is 0 Å². The van der Waals surface area contributed by atoms with E-state index in [0.29, 0.717) is 0 Å². The molecule has 1 aliphatic carbocycles. The van der Waals surface area contributed by atoms with Crippen LogP contribution in [0.3, 0.4) is 0 Å². The summed E-state index contributed by atoms with van der Waals surface area (Å²) in [6, 6.07) is 0. The van der Waals surface area contributed by atoms with Gasteiger partial charge in [0.1, 0.15) is 0 Å². The molecule has 0 amide bonds. The fourth-order valence-corrected chi connectivity index (χ4v) is 0.724. The third-order valence-electron chi connectivity index (χ3n) is 1.43. The first kappa shape index (κ1) is 11.1. The SMILES string of the molecule is FC(F)(F)COC1=CC(F)(F)C1(F)F. The Bertz CT molecular complexity index is 264. The second-order valence-corrected chi connectivity index (χ2v) is 2.61. The zero-order chi connectivity index (χ0) is 11.2. The van der Waals surface area contributed by atoms with Gasteiger partial charge in [0.15, 0.2) is 12.4 Å². The smallest absolute Gasteiger partial charge is 0.422 e. The van der Waals surface area contributed by atoms with Gasteiger partial charge in [-0.3, -0.25) is 0 Å². The summed E-state index contributed by atoms with van der Waals surface area (Å²) in [5.41, 5.74) is 0. The highest BCUT2D eigenvalue weighted by molar-refractivity contribution is 5.29. The van der Waals surface area contributed by atoms with Crippen LogP contribution < -0.4 is 0 Å². The fraction of sp³-hybridized carbons (Fsp3) is 0.667. The molecule has 0 fully saturated rings. The molecule has 0 aliphatic heterocycles. The summed E-state index contributed by atoms with van der Waals surface area (Å²) < 4.78 is 86.3. The zero-order valence-corrected chi connectivity index (χ0v) is 6.34. The predicted molar refractivity (Wildman–Crippen MR) is 30.0 cm³/mol. The molecule has 0 heterocycles. The summed E-state index contributed by atoms with van der Waals surface area (Å²) in [4.78, 5) is 0. The zero-order valence-electron chi connectivity index (χ0n) is 6.34. The van der Waals surface area contributed by atoms with Crippen LogP contribution in [0.15, 0.2) is 11.8 Å². The molecule has 0 spiro atoms. The van der Waals surface area contributed by atoms with Crippen molar-refractivity contribution in [3.8, 4) is 0 Å². The summed E-state index contributed by atoms with van der Waals surface area (Å²) in [5.74, 6) is -10.7. The average molecular weight is 224 g/mol. The standard InChI is InChI=1S/C6H3F7O/c7-4(8)1-3(6(4,12)13)14-2-5(9,10)11/h1H,2H2. The van der Waals surface area contributed by atoms with Crippen LogP contribution >= 0.6 is 0 Å². The van der Waals surface area contributed by atoms with E-state index in [0.717, 1.165) is 0 Å². The molecular weight excluding hydrogens is 221 g/mol. The summed E-state index contributed by atoms with van der Waals surface area (Å²) in [6.45, 7) is -2.01. The van der Waals surface area contributed by atoms with Crippen LogP contribution in [0, 0.1) is 0 Å². The largest absolute Gasteiger partial charge is 0.482 e. The molecule has 0 N–H and O–H groups in total. The van der Waals surface area contributed by atoms with E-state index in [9.17, 15) is 30.7 Å². The minimum Gasteiger partial charge on any atom is -0.482 e. The lowest BCUT2D eigenvalue weighted by Gasteiger charge is -2.34. The molecule has 1 nitrogen and oxygen atoms in total. The van der Waals surface area contributed by atoms with Crippen LogP contribution in [-0.4, -0.2) is 24.6 Å². The normalized spacial score (nSPS) is 23.8. The van der Waals surface area contributed by atoms with Crippen molar-refractivity contribution in [3.63, 3.8) is 0 Å². The van der Waals surface area contributed by atoms with E-state index in [-0.39, 0.29) is 6.08 Å². The highest BCUT2D eigenvalue weighted by Gasteiger charge is 2.67. The summed E-state index contributed by atoms with van der Waals surface area (Å²) in [5, 5.41) is 0. The Kier molecular flexibility index (Phi) is 2.20. The molecule has 8 heteroatoms. The predicted octanol–water partition coefficient (Wildman–Crippen LogP) is 2.73. The molecule has 0 aromatic heterocycles. The summed E-state index contributed by atoms with van der Waals surface area (Å²) >= 11 is 0. The van der Waals surface area contributed by atoms with E-state index in [4.69, 9.17) is 0 Å².